The van der Waals surface area contributed by atoms with Crippen LogP contribution in [-0.2, 0) is 17.8 Å². The highest BCUT2D eigenvalue weighted by Crippen LogP contribution is 2.23. The minimum Gasteiger partial charge on any atom is -0.465 e. The number of nitrogens with zero attached hydrogens (tertiary/aromatic N) is 2. The van der Waals surface area contributed by atoms with Crippen LogP contribution in [0.3, 0.4) is 0 Å². The molecule has 4 nitrogen and oxygen atoms in total. The van der Waals surface area contributed by atoms with Gasteiger partial charge in [0.2, 0.25) is 0 Å². The summed E-state index contributed by atoms with van der Waals surface area (Å²) < 4.78 is 4.74. The Bertz CT molecular complexity index is 549. The topological polar surface area (TPSA) is 42.4 Å². The number of methoxy groups -OCH3 is 1. The van der Waals surface area contributed by atoms with Crippen LogP contribution in [0.4, 0.5) is 0 Å². The van der Waals surface area contributed by atoms with E-state index in [1.54, 1.807) is 11.3 Å². The molecule has 0 fully saturated rings. The van der Waals surface area contributed by atoms with Gasteiger partial charge < -0.3 is 4.74 Å². The molecule has 0 aliphatic heterocycles. The Morgan fingerprint density at radius 2 is 2.26 bits per heavy atom. The predicted molar refractivity (Wildman–Crippen MR) is 77.7 cm³/mol. The largest absolute Gasteiger partial charge is 0.465 e. The van der Waals surface area contributed by atoms with Gasteiger partial charge in [-0.25, -0.2) is 9.78 Å². The fourth-order valence-electron chi connectivity index (χ4n) is 1.82. The van der Waals surface area contributed by atoms with Gasteiger partial charge in [-0.15, -0.1) is 22.7 Å². The van der Waals surface area contributed by atoms with Gasteiger partial charge in [0.15, 0.2) is 0 Å². The van der Waals surface area contributed by atoms with Crippen molar-refractivity contribution in [3.05, 3.63) is 38.0 Å². The van der Waals surface area contributed by atoms with Gasteiger partial charge in [0.1, 0.15) is 4.88 Å². The van der Waals surface area contributed by atoms with E-state index in [4.69, 9.17) is 4.74 Å². The van der Waals surface area contributed by atoms with Crippen LogP contribution in [0.2, 0.25) is 0 Å². The monoisotopic (exact) mass is 296 g/mol. The molecule has 0 aliphatic carbocycles. The van der Waals surface area contributed by atoms with Crippen molar-refractivity contribution >= 4 is 28.6 Å². The molecule has 2 aromatic heterocycles. The van der Waals surface area contributed by atoms with Crippen molar-refractivity contribution in [3.8, 4) is 0 Å². The molecule has 2 aromatic rings. The molecule has 2 rings (SSSR count). The zero-order valence-electron chi connectivity index (χ0n) is 11.2. The molecule has 0 saturated carbocycles. The standard InChI is InChI=1S/C13H16N2O2S2/c1-9-10(4-12(19-9)13(16)17-3)5-15(2)6-11-7-18-8-14-11/h4,7-8H,5-6H2,1-3H3. The van der Waals surface area contributed by atoms with Crippen LogP contribution in [0.15, 0.2) is 17.0 Å². The number of aryl methyl sites for hydroxylation is 1. The molecule has 0 amide bonds. The van der Waals surface area contributed by atoms with Crippen molar-refractivity contribution in [2.75, 3.05) is 14.2 Å². The highest BCUT2D eigenvalue weighted by atomic mass is 32.1. The Balaban J connectivity index is 2.02. The van der Waals surface area contributed by atoms with E-state index in [0.717, 1.165) is 23.7 Å². The zero-order chi connectivity index (χ0) is 13.8. The molecular weight excluding hydrogens is 280 g/mol. The summed E-state index contributed by atoms with van der Waals surface area (Å²) in [5.74, 6) is -0.262. The third-order valence-electron chi connectivity index (χ3n) is 2.76. The van der Waals surface area contributed by atoms with E-state index in [1.165, 1.54) is 24.0 Å². The number of hydrogen-bond acceptors (Lipinski definition) is 6. The average Bonchev–Trinajstić information content (AvgIpc) is 2.99. The number of carbonyl (C=O) groups is 1. The Kier molecular flexibility index (Phi) is 4.68. The zero-order valence-corrected chi connectivity index (χ0v) is 12.8. The SMILES string of the molecule is COC(=O)c1cc(CN(C)Cc2cscn2)c(C)s1. The summed E-state index contributed by atoms with van der Waals surface area (Å²) in [6.07, 6.45) is 0. The van der Waals surface area contributed by atoms with E-state index >= 15 is 0 Å². The van der Waals surface area contributed by atoms with E-state index in [2.05, 4.69) is 15.3 Å². The van der Waals surface area contributed by atoms with Crippen molar-refractivity contribution < 1.29 is 9.53 Å². The van der Waals surface area contributed by atoms with Crippen molar-refractivity contribution in [2.45, 2.75) is 20.0 Å². The summed E-state index contributed by atoms with van der Waals surface area (Å²) in [5.41, 5.74) is 4.09. The molecule has 2 heterocycles. The van der Waals surface area contributed by atoms with Gasteiger partial charge in [0.05, 0.1) is 18.3 Å². The van der Waals surface area contributed by atoms with Crippen LogP contribution in [-0.4, -0.2) is 30.0 Å². The van der Waals surface area contributed by atoms with Gasteiger partial charge >= 0.3 is 5.97 Å². The normalized spacial score (nSPS) is 10.9. The summed E-state index contributed by atoms with van der Waals surface area (Å²) in [5, 5.41) is 2.05. The minimum atomic E-state index is -0.262. The fraction of sp³-hybridized carbons (Fsp3) is 0.385. The number of thiazole rings is 1. The van der Waals surface area contributed by atoms with Crippen LogP contribution in [0.25, 0.3) is 0 Å². The Hall–Kier alpha value is -1.24. The smallest absolute Gasteiger partial charge is 0.348 e. The molecule has 6 heteroatoms. The molecule has 0 unspecified atom stereocenters. The lowest BCUT2D eigenvalue weighted by Gasteiger charge is -2.14. The molecule has 102 valence electrons. The summed E-state index contributed by atoms with van der Waals surface area (Å²) >= 11 is 3.09. The maximum atomic E-state index is 11.5. The van der Waals surface area contributed by atoms with E-state index in [0.29, 0.717) is 4.88 Å². The van der Waals surface area contributed by atoms with Gasteiger partial charge in [-0.2, -0.15) is 0 Å². The van der Waals surface area contributed by atoms with E-state index in [-0.39, 0.29) is 5.97 Å². The third kappa shape index (κ3) is 3.62. The van der Waals surface area contributed by atoms with Gasteiger partial charge in [0, 0.05) is 23.3 Å². The highest BCUT2D eigenvalue weighted by Gasteiger charge is 2.14. The molecule has 0 atom stereocenters. The number of esters is 1. The molecule has 0 saturated heterocycles. The van der Waals surface area contributed by atoms with Gasteiger partial charge in [-0.3, -0.25) is 4.90 Å². The predicted octanol–water partition coefficient (Wildman–Crippen LogP) is 2.93. The van der Waals surface area contributed by atoms with Crippen molar-refractivity contribution in [2.24, 2.45) is 0 Å². The van der Waals surface area contributed by atoms with Crippen molar-refractivity contribution in [1.29, 1.82) is 0 Å². The number of carbonyl (C=O) groups excluding carboxylic acids is 1. The Morgan fingerprint density at radius 1 is 1.47 bits per heavy atom. The van der Waals surface area contributed by atoms with Crippen molar-refractivity contribution in [3.63, 3.8) is 0 Å². The van der Waals surface area contributed by atoms with Crippen LogP contribution in [0.5, 0.6) is 0 Å². The molecule has 0 bridgehead atoms. The third-order valence-corrected chi connectivity index (χ3v) is 4.47. The molecule has 0 aliphatic rings. The van der Waals surface area contributed by atoms with Gasteiger partial charge in [-0.1, -0.05) is 0 Å². The molecule has 0 spiro atoms. The minimum absolute atomic E-state index is 0.262. The number of aromatic nitrogens is 1. The summed E-state index contributed by atoms with van der Waals surface area (Å²) in [6.45, 7) is 3.65. The first-order valence-electron chi connectivity index (χ1n) is 5.83. The van der Waals surface area contributed by atoms with Crippen molar-refractivity contribution in [1.82, 2.24) is 9.88 Å². The number of rotatable bonds is 5. The van der Waals surface area contributed by atoms with Crippen LogP contribution >= 0.6 is 22.7 Å². The number of thiophene rings is 1. The summed E-state index contributed by atoms with van der Waals surface area (Å²) in [7, 11) is 3.46. The first-order chi connectivity index (χ1) is 9.10. The maximum absolute atomic E-state index is 11.5. The first-order valence-corrected chi connectivity index (χ1v) is 7.59. The summed E-state index contributed by atoms with van der Waals surface area (Å²) in [4.78, 5) is 19.8. The molecular formula is C13H16N2O2S2. The second kappa shape index (κ2) is 6.27. The quantitative estimate of drug-likeness (QED) is 0.796. The van der Waals surface area contributed by atoms with Crippen LogP contribution < -0.4 is 0 Å². The maximum Gasteiger partial charge on any atom is 0.348 e. The molecule has 0 N–H and O–H groups in total. The second-order valence-electron chi connectivity index (χ2n) is 4.34. The fourth-order valence-corrected chi connectivity index (χ4v) is 3.32. The van der Waals surface area contributed by atoms with E-state index in [1.807, 2.05) is 25.5 Å². The van der Waals surface area contributed by atoms with Gasteiger partial charge in [0.25, 0.3) is 0 Å². The molecule has 0 aromatic carbocycles. The van der Waals surface area contributed by atoms with Gasteiger partial charge in [-0.05, 0) is 25.6 Å². The lowest BCUT2D eigenvalue weighted by molar-refractivity contribution is 0.0606. The summed E-state index contributed by atoms with van der Waals surface area (Å²) in [6, 6.07) is 1.92. The molecule has 19 heavy (non-hydrogen) atoms. The van der Waals surface area contributed by atoms with Crippen LogP contribution in [0, 0.1) is 6.92 Å². The number of hydrogen-bond donors (Lipinski definition) is 0. The molecule has 0 radical (unpaired) electrons. The first kappa shape index (κ1) is 14.2. The lowest BCUT2D eigenvalue weighted by atomic mass is 10.2. The highest BCUT2D eigenvalue weighted by molar-refractivity contribution is 7.14. The number of ether oxygens (including phenoxy) is 1. The van der Waals surface area contributed by atoms with E-state index < -0.39 is 0 Å². The Morgan fingerprint density at radius 3 is 2.89 bits per heavy atom. The Labute approximate surface area is 120 Å². The van der Waals surface area contributed by atoms with Crippen LogP contribution in [0.1, 0.15) is 25.8 Å². The lowest BCUT2D eigenvalue weighted by Crippen LogP contribution is -2.17. The van der Waals surface area contributed by atoms with E-state index in [9.17, 15) is 4.79 Å². The average molecular weight is 296 g/mol. The second-order valence-corrected chi connectivity index (χ2v) is 6.31.